The molecule has 1 amide bonds. The lowest BCUT2D eigenvalue weighted by Crippen LogP contribution is -2.45. The highest BCUT2D eigenvalue weighted by atomic mass is 16.5. The fourth-order valence-corrected chi connectivity index (χ4v) is 1.93. The van der Waals surface area contributed by atoms with Gasteiger partial charge in [-0.3, -0.25) is 4.79 Å². The van der Waals surface area contributed by atoms with Crippen LogP contribution in [0.1, 0.15) is 45.0 Å². The van der Waals surface area contributed by atoms with E-state index >= 15 is 0 Å². The molecule has 0 atom stereocenters. The Labute approximate surface area is 138 Å². The summed E-state index contributed by atoms with van der Waals surface area (Å²) in [5.74, 6) is 1.29. The Morgan fingerprint density at radius 1 is 1.04 bits per heavy atom. The molecule has 130 valence electrons. The third-order valence-corrected chi connectivity index (χ3v) is 2.88. The highest BCUT2D eigenvalue weighted by Crippen LogP contribution is 2.39. The third kappa shape index (κ3) is 5.98. The van der Waals surface area contributed by atoms with Crippen LogP contribution >= 0.6 is 0 Å². The van der Waals surface area contributed by atoms with Gasteiger partial charge in [-0.25, -0.2) is 0 Å². The van der Waals surface area contributed by atoms with Crippen molar-refractivity contribution in [2.75, 3.05) is 26.4 Å². The van der Waals surface area contributed by atoms with Gasteiger partial charge in [0.05, 0.1) is 19.8 Å². The van der Waals surface area contributed by atoms with Crippen molar-refractivity contribution in [2.24, 2.45) is 5.73 Å². The number of amides is 1. The zero-order chi connectivity index (χ0) is 17.5. The fourth-order valence-electron chi connectivity index (χ4n) is 1.93. The van der Waals surface area contributed by atoms with Crippen LogP contribution in [0, 0.1) is 0 Å². The SMILES string of the molecule is CCOc1cc(C(=O)NCC(C)(C)N)cc(OCC)c1OCC. The van der Waals surface area contributed by atoms with Gasteiger partial charge in [-0.2, -0.15) is 0 Å². The molecular formula is C17H28N2O4. The summed E-state index contributed by atoms with van der Waals surface area (Å²) in [4.78, 5) is 12.4. The molecule has 0 heterocycles. The number of ether oxygens (including phenoxy) is 3. The predicted molar refractivity (Wildman–Crippen MR) is 90.5 cm³/mol. The van der Waals surface area contributed by atoms with E-state index in [0.717, 1.165) is 0 Å². The number of rotatable bonds is 9. The normalized spacial score (nSPS) is 11.0. The summed E-state index contributed by atoms with van der Waals surface area (Å²) in [6.07, 6.45) is 0. The Bertz CT molecular complexity index is 497. The summed E-state index contributed by atoms with van der Waals surface area (Å²) in [6.45, 7) is 11.1. The molecule has 0 aromatic heterocycles. The number of nitrogens with two attached hydrogens (primary N) is 1. The van der Waals surface area contributed by atoms with E-state index in [1.54, 1.807) is 12.1 Å². The highest BCUT2D eigenvalue weighted by molar-refractivity contribution is 5.95. The van der Waals surface area contributed by atoms with Crippen LogP contribution in [0.3, 0.4) is 0 Å². The number of hydrogen-bond donors (Lipinski definition) is 2. The van der Waals surface area contributed by atoms with Crippen molar-refractivity contribution in [3.05, 3.63) is 17.7 Å². The maximum absolute atomic E-state index is 12.4. The Morgan fingerprint density at radius 3 is 1.91 bits per heavy atom. The minimum Gasteiger partial charge on any atom is -0.490 e. The number of carbonyl (C=O) groups excluding carboxylic acids is 1. The van der Waals surface area contributed by atoms with Crippen molar-refractivity contribution in [3.8, 4) is 17.2 Å². The minimum absolute atomic E-state index is 0.228. The monoisotopic (exact) mass is 324 g/mol. The van der Waals surface area contributed by atoms with Crippen LogP contribution in [-0.4, -0.2) is 37.8 Å². The molecule has 6 nitrogen and oxygen atoms in total. The molecule has 0 bridgehead atoms. The standard InChI is InChI=1S/C17H28N2O4/c1-6-21-13-9-12(16(20)19-11-17(4,5)18)10-14(22-7-2)15(13)23-8-3/h9-10H,6-8,11,18H2,1-5H3,(H,19,20). The first-order valence-corrected chi connectivity index (χ1v) is 7.95. The van der Waals surface area contributed by atoms with Crippen LogP contribution in [0.2, 0.25) is 0 Å². The molecule has 0 radical (unpaired) electrons. The van der Waals surface area contributed by atoms with Crippen LogP contribution in [0.15, 0.2) is 12.1 Å². The van der Waals surface area contributed by atoms with Gasteiger partial charge in [-0.05, 0) is 46.8 Å². The lowest BCUT2D eigenvalue weighted by molar-refractivity contribution is 0.0945. The molecule has 23 heavy (non-hydrogen) atoms. The average Bonchev–Trinajstić information content (AvgIpc) is 2.47. The average molecular weight is 324 g/mol. The van der Waals surface area contributed by atoms with Gasteiger partial charge in [-0.1, -0.05) is 0 Å². The molecule has 3 N–H and O–H groups in total. The summed E-state index contributed by atoms with van der Waals surface area (Å²) in [5.41, 5.74) is 5.87. The van der Waals surface area contributed by atoms with Crippen LogP contribution in [0.4, 0.5) is 0 Å². The van der Waals surface area contributed by atoms with Crippen LogP contribution in [0.5, 0.6) is 17.2 Å². The molecule has 0 aliphatic carbocycles. The molecule has 0 aliphatic rings. The molecule has 0 saturated carbocycles. The molecule has 0 spiro atoms. The minimum atomic E-state index is -0.480. The van der Waals surface area contributed by atoms with Gasteiger partial charge in [0.15, 0.2) is 11.5 Å². The van der Waals surface area contributed by atoms with Gasteiger partial charge in [0, 0.05) is 17.6 Å². The predicted octanol–water partition coefficient (Wildman–Crippen LogP) is 2.35. The van der Waals surface area contributed by atoms with Crippen molar-refractivity contribution in [3.63, 3.8) is 0 Å². The molecule has 1 rings (SSSR count). The molecule has 6 heteroatoms. The summed E-state index contributed by atoms with van der Waals surface area (Å²) < 4.78 is 16.8. The van der Waals surface area contributed by atoms with E-state index in [-0.39, 0.29) is 5.91 Å². The first kappa shape index (κ1) is 19.1. The highest BCUT2D eigenvalue weighted by Gasteiger charge is 2.19. The van der Waals surface area contributed by atoms with Crippen molar-refractivity contribution in [1.82, 2.24) is 5.32 Å². The first-order chi connectivity index (χ1) is 10.8. The van der Waals surface area contributed by atoms with Crippen LogP contribution in [-0.2, 0) is 0 Å². The molecule has 1 aromatic carbocycles. The maximum atomic E-state index is 12.4. The Morgan fingerprint density at radius 2 is 1.52 bits per heavy atom. The second kappa shape index (κ2) is 8.62. The van der Waals surface area contributed by atoms with E-state index in [9.17, 15) is 4.79 Å². The lowest BCUT2D eigenvalue weighted by atomic mass is 10.1. The van der Waals surface area contributed by atoms with Crippen molar-refractivity contribution >= 4 is 5.91 Å². The Balaban J connectivity index is 3.14. The zero-order valence-electron chi connectivity index (χ0n) is 14.7. The maximum Gasteiger partial charge on any atom is 0.251 e. The molecule has 0 aliphatic heterocycles. The van der Waals surface area contributed by atoms with E-state index in [1.165, 1.54) is 0 Å². The van der Waals surface area contributed by atoms with Crippen molar-refractivity contribution < 1.29 is 19.0 Å². The second-order valence-corrected chi connectivity index (χ2v) is 5.77. The Hall–Kier alpha value is -1.95. The molecular weight excluding hydrogens is 296 g/mol. The number of carbonyl (C=O) groups is 1. The van der Waals surface area contributed by atoms with Gasteiger partial charge < -0.3 is 25.3 Å². The number of hydrogen-bond acceptors (Lipinski definition) is 5. The van der Waals surface area contributed by atoms with E-state index in [0.29, 0.717) is 49.2 Å². The smallest absolute Gasteiger partial charge is 0.251 e. The quantitative estimate of drug-likeness (QED) is 0.728. The lowest BCUT2D eigenvalue weighted by Gasteiger charge is -2.20. The first-order valence-electron chi connectivity index (χ1n) is 7.95. The summed E-state index contributed by atoms with van der Waals surface area (Å²) >= 11 is 0. The van der Waals surface area contributed by atoms with Gasteiger partial charge in [0.2, 0.25) is 5.75 Å². The largest absolute Gasteiger partial charge is 0.490 e. The summed E-state index contributed by atoms with van der Waals surface area (Å²) in [5, 5.41) is 2.81. The van der Waals surface area contributed by atoms with E-state index in [1.807, 2.05) is 34.6 Å². The van der Waals surface area contributed by atoms with Gasteiger partial charge in [0.25, 0.3) is 5.91 Å². The zero-order valence-corrected chi connectivity index (χ0v) is 14.7. The molecule has 0 unspecified atom stereocenters. The second-order valence-electron chi connectivity index (χ2n) is 5.77. The number of nitrogens with one attached hydrogen (secondary N) is 1. The molecule has 0 saturated heterocycles. The topological polar surface area (TPSA) is 82.8 Å². The van der Waals surface area contributed by atoms with Crippen molar-refractivity contribution in [1.29, 1.82) is 0 Å². The van der Waals surface area contributed by atoms with Gasteiger partial charge in [0.1, 0.15) is 0 Å². The summed E-state index contributed by atoms with van der Waals surface area (Å²) in [7, 11) is 0. The van der Waals surface area contributed by atoms with Crippen LogP contribution < -0.4 is 25.3 Å². The van der Waals surface area contributed by atoms with Gasteiger partial charge >= 0.3 is 0 Å². The van der Waals surface area contributed by atoms with Crippen LogP contribution in [0.25, 0.3) is 0 Å². The van der Waals surface area contributed by atoms with Crippen molar-refractivity contribution in [2.45, 2.75) is 40.2 Å². The molecule has 1 aromatic rings. The molecule has 0 fully saturated rings. The summed E-state index contributed by atoms with van der Waals surface area (Å²) in [6, 6.07) is 3.33. The third-order valence-electron chi connectivity index (χ3n) is 2.88. The van der Waals surface area contributed by atoms with E-state index in [4.69, 9.17) is 19.9 Å². The fraction of sp³-hybridized carbons (Fsp3) is 0.588. The Kier molecular flexibility index (Phi) is 7.16. The van der Waals surface area contributed by atoms with E-state index < -0.39 is 5.54 Å². The van der Waals surface area contributed by atoms with Gasteiger partial charge in [-0.15, -0.1) is 0 Å². The number of benzene rings is 1. The van der Waals surface area contributed by atoms with E-state index in [2.05, 4.69) is 5.32 Å².